The Labute approximate surface area is 205 Å². The molecular formula is C23H29Cl2N3O4S. The molecule has 2 amide bonds. The summed E-state index contributed by atoms with van der Waals surface area (Å²) in [6, 6.07) is 12.4. The number of amides is 2. The average molecular weight is 514 g/mol. The maximum absolute atomic E-state index is 13.1. The third-order valence-electron chi connectivity index (χ3n) is 5.22. The highest BCUT2D eigenvalue weighted by atomic mass is 35.5. The lowest BCUT2D eigenvalue weighted by molar-refractivity contribution is -0.140. The highest BCUT2D eigenvalue weighted by Crippen LogP contribution is 2.27. The number of likely N-dealkylation sites (N-methyl/N-ethyl adjacent to an activating group) is 1. The van der Waals surface area contributed by atoms with Crippen LogP contribution in [0.3, 0.4) is 0 Å². The molecule has 0 aliphatic heterocycles. The predicted octanol–water partition coefficient (Wildman–Crippen LogP) is 3.95. The second-order valence-corrected chi connectivity index (χ2v) is 10.4. The van der Waals surface area contributed by atoms with Crippen molar-refractivity contribution >= 4 is 45.0 Å². The van der Waals surface area contributed by atoms with Crippen molar-refractivity contribution in [3.05, 3.63) is 64.1 Å². The third kappa shape index (κ3) is 7.17. The molecule has 0 saturated heterocycles. The lowest BCUT2D eigenvalue weighted by Crippen LogP contribution is -2.47. The van der Waals surface area contributed by atoms with Crippen LogP contribution in [0.2, 0.25) is 10.0 Å². The molecule has 33 heavy (non-hydrogen) atoms. The van der Waals surface area contributed by atoms with Gasteiger partial charge >= 0.3 is 0 Å². The molecule has 7 nitrogen and oxygen atoms in total. The summed E-state index contributed by atoms with van der Waals surface area (Å²) < 4.78 is 26.6. The summed E-state index contributed by atoms with van der Waals surface area (Å²) >= 11 is 12.6. The summed E-state index contributed by atoms with van der Waals surface area (Å²) in [6.45, 7) is 4.08. The van der Waals surface area contributed by atoms with Crippen molar-refractivity contribution in [3.63, 3.8) is 0 Å². The third-order valence-corrected chi connectivity index (χ3v) is 7.80. The molecule has 2 aromatic carbocycles. The predicted molar refractivity (Wildman–Crippen MR) is 131 cm³/mol. The summed E-state index contributed by atoms with van der Waals surface area (Å²) in [4.78, 5) is 27.2. The molecule has 0 saturated carbocycles. The zero-order chi connectivity index (χ0) is 24.6. The van der Waals surface area contributed by atoms with Gasteiger partial charge < -0.3 is 10.2 Å². The van der Waals surface area contributed by atoms with E-state index in [9.17, 15) is 18.0 Å². The normalized spacial score (nSPS) is 12.4. The summed E-state index contributed by atoms with van der Waals surface area (Å²) in [7, 11) is -2.17. The SMILES string of the molecule is CCNC(=O)[C@H](C)N(Cc1c(Cl)cccc1Cl)C(=O)CCCN(C)S(=O)(=O)c1ccccc1. The van der Waals surface area contributed by atoms with Gasteiger partial charge in [-0.2, -0.15) is 0 Å². The van der Waals surface area contributed by atoms with Gasteiger partial charge in [0.15, 0.2) is 0 Å². The minimum atomic E-state index is -3.64. The van der Waals surface area contributed by atoms with Crippen molar-refractivity contribution in [2.75, 3.05) is 20.1 Å². The monoisotopic (exact) mass is 513 g/mol. The van der Waals surface area contributed by atoms with E-state index in [1.54, 1.807) is 50.2 Å². The molecule has 0 aromatic heterocycles. The van der Waals surface area contributed by atoms with Crippen LogP contribution in [-0.2, 0) is 26.2 Å². The number of carbonyl (C=O) groups excluding carboxylic acids is 2. The van der Waals surface area contributed by atoms with Gasteiger partial charge in [0.2, 0.25) is 21.8 Å². The van der Waals surface area contributed by atoms with E-state index in [0.29, 0.717) is 22.2 Å². The molecule has 1 atom stereocenters. The molecule has 1 N–H and O–H groups in total. The molecule has 0 fully saturated rings. The molecule has 0 heterocycles. The molecular weight excluding hydrogens is 485 g/mol. The van der Waals surface area contributed by atoms with Gasteiger partial charge in [-0.25, -0.2) is 12.7 Å². The zero-order valence-electron chi connectivity index (χ0n) is 18.9. The van der Waals surface area contributed by atoms with Gasteiger partial charge in [-0.1, -0.05) is 47.5 Å². The maximum Gasteiger partial charge on any atom is 0.242 e. The molecule has 0 aliphatic rings. The summed E-state index contributed by atoms with van der Waals surface area (Å²) in [5.74, 6) is -0.590. The number of rotatable bonds is 11. The van der Waals surface area contributed by atoms with Crippen molar-refractivity contribution in [2.24, 2.45) is 0 Å². The largest absolute Gasteiger partial charge is 0.355 e. The summed E-state index contributed by atoms with van der Waals surface area (Å²) in [6.07, 6.45) is 0.344. The Kier molecular flexibility index (Phi) is 10.2. The Bertz CT molecular complexity index is 1040. The van der Waals surface area contributed by atoms with Crippen molar-refractivity contribution in [1.82, 2.24) is 14.5 Å². The first-order chi connectivity index (χ1) is 15.6. The number of halogens is 2. The molecule has 0 unspecified atom stereocenters. The van der Waals surface area contributed by atoms with Crippen molar-refractivity contribution in [2.45, 2.75) is 44.2 Å². The molecule has 0 radical (unpaired) electrons. The molecule has 180 valence electrons. The van der Waals surface area contributed by atoms with Gasteiger partial charge in [0, 0.05) is 48.7 Å². The Morgan fingerprint density at radius 2 is 1.64 bits per heavy atom. The smallest absolute Gasteiger partial charge is 0.242 e. The van der Waals surface area contributed by atoms with Crippen LogP contribution in [-0.4, -0.2) is 55.6 Å². The Morgan fingerprint density at radius 1 is 1.03 bits per heavy atom. The average Bonchev–Trinajstić information content (AvgIpc) is 2.79. The van der Waals surface area contributed by atoms with E-state index in [4.69, 9.17) is 23.2 Å². The highest BCUT2D eigenvalue weighted by Gasteiger charge is 2.27. The van der Waals surface area contributed by atoms with E-state index in [1.807, 2.05) is 0 Å². The second-order valence-electron chi connectivity index (χ2n) is 7.54. The van der Waals surface area contributed by atoms with Crippen LogP contribution in [0.5, 0.6) is 0 Å². The van der Waals surface area contributed by atoms with Crippen LogP contribution in [0.1, 0.15) is 32.3 Å². The minimum Gasteiger partial charge on any atom is -0.355 e. The summed E-state index contributed by atoms with van der Waals surface area (Å²) in [5.41, 5.74) is 0.550. The fourth-order valence-corrected chi connectivity index (χ4v) is 4.99. The van der Waals surface area contributed by atoms with E-state index >= 15 is 0 Å². The van der Waals surface area contributed by atoms with E-state index in [1.165, 1.54) is 28.4 Å². The van der Waals surface area contributed by atoms with Crippen molar-refractivity contribution in [1.29, 1.82) is 0 Å². The number of nitrogens with zero attached hydrogens (tertiary/aromatic N) is 2. The summed E-state index contributed by atoms with van der Waals surface area (Å²) in [5, 5.41) is 3.52. The van der Waals surface area contributed by atoms with Crippen LogP contribution >= 0.6 is 23.2 Å². The fourth-order valence-electron chi connectivity index (χ4n) is 3.25. The quantitative estimate of drug-likeness (QED) is 0.492. The van der Waals surface area contributed by atoms with Crippen LogP contribution in [0.15, 0.2) is 53.4 Å². The number of nitrogens with one attached hydrogen (secondary N) is 1. The molecule has 2 rings (SSSR count). The topological polar surface area (TPSA) is 86.8 Å². The minimum absolute atomic E-state index is 0.0560. The zero-order valence-corrected chi connectivity index (χ0v) is 21.3. The van der Waals surface area contributed by atoms with E-state index in [-0.39, 0.29) is 42.6 Å². The number of hydrogen-bond acceptors (Lipinski definition) is 4. The standard InChI is InChI=1S/C23H29Cl2N3O4S/c1-4-26-23(30)17(2)28(16-19-20(24)12-8-13-21(19)25)22(29)14-9-15-27(3)33(31,32)18-10-6-5-7-11-18/h5-8,10-13,17H,4,9,14-16H2,1-3H3,(H,26,30)/t17-/m0/s1. The maximum atomic E-state index is 13.1. The molecule has 0 spiro atoms. The van der Waals surface area contributed by atoms with Crippen LogP contribution in [0, 0.1) is 0 Å². The lowest BCUT2D eigenvalue weighted by atomic mass is 10.1. The van der Waals surface area contributed by atoms with Gasteiger partial charge in [-0.05, 0) is 44.5 Å². The van der Waals surface area contributed by atoms with Crippen LogP contribution in [0.4, 0.5) is 0 Å². The second kappa shape index (κ2) is 12.4. The van der Waals surface area contributed by atoms with E-state index < -0.39 is 16.1 Å². The fraction of sp³-hybridized carbons (Fsp3) is 0.391. The van der Waals surface area contributed by atoms with E-state index in [0.717, 1.165) is 0 Å². The Balaban J connectivity index is 2.12. The lowest BCUT2D eigenvalue weighted by Gasteiger charge is -2.29. The first-order valence-electron chi connectivity index (χ1n) is 10.6. The number of carbonyl (C=O) groups is 2. The van der Waals surface area contributed by atoms with Crippen molar-refractivity contribution < 1.29 is 18.0 Å². The van der Waals surface area contributed by atoms with Gasteiger partial charge in [-0.3, -0.25) is 9.59 Å². The van der Waals surface area contributed by atoms with Gasteiger partial charge in [0.1, 0.15) is 6.04 Å². The number of hydrogen-bond donors (Lipinski definition) is 1. The van der Waals surface area contributed by atoms with Crippen LogP contribution < -0.4 is 5.32 Å². The Hall–Kier alpha value is -2.13. The molecule has 0 aliphatic carbocycles. The first-order valence-corrected chi connectivity index (χ1v) is 12.8. The Morgan fingerprint density at radius 3 is 2.21 bits per heavy atom. The first kappa shape index (κ1) is 27.1. The molecule has 2 aromatic rings. The van der Waals surface area contributed by atoms with Gasteiger partial charge in [0.05, 0.1) is 4.90 Å². The van der Waals surface area contributed by atoms with Gasteiger partial charge in [-0.15, -0.1) is 0 Å². The van der Waals surface area contributed by atoms with E-state index in [2.05, 4.69) is 5.32 Å². The number of sulfonamides is 1. The van der Waals surface area contributed by atoms with Gasteiger partial charge in [0.25, 0.3) is 0 Å². The molecule has 10 heteroatoms. The highest BCUT2D eigenvalue weighted by molar-refractivity contribution is 7.89. The van der Waals surface area contributed by atoms with Crippen molar-refractivity contribution in [3.8, 4) is 0 Å². The number of benzene rings is 2. The van der Waals surface area contributed by atoms with Crippen LogP contribution in [0.25, 0.3) is 0 Å². The molecule has 0 bridgehead atoms.